The average Bonchev–Trinajstić information content (AvgIpc) is 3.26. The Morgan fingerprint density at radius 3 is 2.69 bits per heavy atom. The fraction of sp³-hybridized carbons (Fsp3) is 0.429. The van der Waals surface area contributed by atoms with Crippen LogP contribution in [0.25, 0.3) is 21.8 Å². The molecule has 0 unspecified atom stereocenters. The summed E-state index contributed by atoms with van der Waals surface area (Å²) in [6, 6.07) is 9.96. The van der Waals surface area contributed by atoms with Crippen LogP contribution in [0.4, 0.5) is 5.82 Å². The van der Waals surface area contributed by atoms with Crippen molar-refractivity contribution in [2.24, 2.45) is 5.92 Å². The Labute approximate surface area is 173 Å². The van der Waals surface area contributed by atoms with E-state index in [2.05, 4.69) is 30.6 Å². The summed E-state index contributed by atoms with van der Waals surface area (Å²) in [6.45, 7) is 5.03. The molecule has 8 heteroatoms. The molecule has 7 nitrogen and oxygen atoms in total. The van der Waals surface area contributed by atoms with Gasteiger partial charge in [0.15, 0.2) is 5.82 Å². The molecule has 1 aromatic carbocycles. The minimum absolute atomic E-state index is 0.169. The van der Waals surface area contributed by atoms with Crippen LogP contribution in [0.3, 0.4) is 0 Å². The topological polar surface area (TPSA) is 87.1 Å². The van der Waals surface area contributed by atoms with Crippen LogP contribution in [0.15, 0.2) is 30.3 Å². The maximum Gasteiger partial charge on any atom is 0.151 e. The number of rotatable bonds is 6. The Hall–Kier alpha value is -2.58. The van der Waals surface area contributed by atoms with Gasteiger partial charge in [0, 0.05) is 30.3 Å². The number of nitrogens with one attached hydrogen (secondary N) is 1. The zero-order valence-electron chi connectivity index (χ0n) is 16.4. The lowest BCUT2D eigenvalue weighted by molar-refractivity contribution is 0.477. The first-order valence-corrected chi connectivity index (χ1v) is 10.9. The van der Waals surface area contributed by atoms with Gasteiger partial charge >= 0.3 is 0 Å². The summed E-state index contributed by atoms with van der Waals surface area (Å²) in [5.74, 6) is 1.96. The quantitative estimate of drug-likeness (QED) is 0.647. The highest BCUT2D eigenvalue weighted by molar-refractivity contribution is 7.14. The van der Waals surface area contributed by atoms with E-state index in [0.717, 1.165) is 53.4 Å². The number of phenolic OH excluding ortho intramolecular Hbond substituents is 1. The van der Waals surface area contributed by atoms with Gasteiger partial charge in [-0.3, -0.25) is 0 Å². The Bertz CT molecular complexity index is 1000. The molecule has 5 rings (SSSR count). The van der Waals surface area contributed by atoms with Gasteiger partial charge in [-0.1, -0.05) is 17.4 Å². The van der Waals surface area contributed by atoms with Gasteiger partial charge in [-0.15, -0.1) is 20.4 Å². The number of aromatic hydroxyl groups is 1. The Morgan fingerprint density at radius 1 is 1.10 bits per heavy atom. The van der Waals surface area contributed by atoms with E-state index in [-0.39, 0.29) is 5.75 Å². The van der Waals surface area contributed by atoms with Gasteiger partial charge < -0.3 is 15.3 Å². The fourth-order valence-electron chi connectivity index (χ4n) is 3.72. The maximum absolute atomic E-state index is 10.5. The van der Waals surface area contributed by atoms with E-state index in [4.69, 9.17) is 0 Å². The lowest BCUT2D eigenvalue weighted by atomic mass is 10.1. The molecule has 1 aliphatic carbocycles. The largest absolute Gasteiger partial charge is 0.507 e. The number of hydrogen-bond donors (Lipinski definition) is 2. The first-order chi connectivity index (χ1) is 14.2. The second-order valence-corrected chi connectivity index (χ2v) is 9.10. The summed E-state index contributed by atoms with van der Waals surface area (Å²) in [7, 11) is 0. The first-order valence-electron chi connectivity index (χ1n) is 10.1. The van der Waals surface area contributed by atoms with Crippen LogP contribution in [0.2, 0.25) is 0 Å². The van der Waals surface area contributed by atoms with Crippen LogP contribution < -0.4 is 10.2 Å². The number of aryl methyl sites for hydroxylation is 1. The third-order valence-corrected chi connectivity index (χ3v) is 6.49. The molecule has 3 heterocycles. The highest BCUT2D eigenvalue weighted by atomic mass is 32.1. The van der Waals surface area contributed by atoms with E-state index in [9.17, 15) is 5.11 Å². The summed E-state index contributed by atoms with van der Waals surface area (Å²) in [5.41, 5.74) is 2.18. The van der Waals surface area contributed by atoms with Gasteiger partial charge in [-0.05, 0) is 62.9 Å². The molecule has 2 aliphatic rings. The van der Waals surface area contributed by atoms with Crippen molar-refractivity contribution in [2.45, 2.75) is 32.2 Å². The molecular formula is C21H24N6OS. The van der Waals surface area contributed by atoms with Crippen molar-refractivity contribution in [1.82, 2.24) is 25.7 Å². The molecule has 1 saturated heterocycles. The normalized spacial score (nSPS) is 19.1. The van der Waals surface area contributed by atoms with Crippen molar-refractivity contribution in [3.63, 3.8) is 0 Å². The number of anilines is 1. The van der Waals surface area contributed by atoms with Crippen LogP contribution in [-0.2, 0) is 0 Å². The van der Waals surface area contributed by atoms with Crippen LogP contribution in [0, 0.1) is 12.8 Å². The summed E-state index contributed by atoms with van der Waals surface area (Å²) < 4.78 is 0. The molecule has 3 aromatic rings. The molecule has 0 amide bonds. The second kappa shape index (κ2) is 7.68. The van der Waals surface area contributed by atoms with Crippen molar-refractivity contribution in [1.29, 1.82) is 0 Å². The van der Waals surface area contributed by atoms with E-state index in [0.29, 0.717) is 17.3 Å². The summed E-state index contributed by atoms with van der Waals surface area (Å²) in [5, 5.41) is 32.8. The van der Waals surface area contributed by atoms with Gasteiger partial charge in [-0.25, -0.2) is 0 Å². The molecule has 1 atom stereocenters. The molecule has 0 spiro atoms. The summed E-state index contributed by atoms with van der Waals surface area (Å²) >= 11 is 1.50. The molecule has 1 aliphatic heterocycles. The van der Waals surface area contributed by atoms with Gasteiger partial charge in [-0.2, -0.15) is 0 Å². The monoisotopic (exact) mass is 408 g/mol. The van der Waals surface area contributed by atoms with Gasteiger partial charge in [0.25, 0.3) is 0 Å². The van der Waals surface area contributed by atoms with Crippen molar-refractivity contribution in [2.75, 3.05) is 24.5 Å². The van der Waals surface area contributed by atoms with Gasteiger partial charge in [0.05, 0.1) is 5.69 Å². The molecule has 2 N–H and O–H groups in total. The van der Waals surface area contributed by atoms with Gasteiger partial charge in [0.1, 0.15) is 15.8 Å². The summed E-state index contributed by atoms with van der Waals surface area (Å²) in [6.07, 6.45) is 3.90. The van der Waals surface area contributed by atoms with Crippen LogP contribution in [-0.4, -0.2) is 51.2 Å². The molecule has 150 valence electrons. The summed E-state index contributed by atoms with van der Waals surface area (Å²) in [4.78, 5) is 2.28. The number of benzene rings is 1. The Balaban J connectivity index is 1.27. The maximum atomic E-state index is 10.5. The zero-order valence-corrected chi connectivity index (χ0v) is 17.2. The highest BCUT2D eigenvalue weighted by Crippen LogP contribution is 2.34. The predicted octanol–water partition coefficient (Wildman–Crippen LogP) is 3.25. The number of aromatic nitrogens is 4. The number of hydrogen-bond acceptors (Lipinski definition) is 8. The molecule has 2 fully saturated rings. The van der Waals surface area contributed by atoms with Crippen molar-refractivity contribution in [3.8, 4) is 27.6 Å². The molecule has 0 radical (unpaired) electrons. The average molecular weight is 409 g/mol. The Morgan fingerprint density at radius 2 is 2.00 bits per heavy atom. The van der Waals surface area contributed by atoms with Crippen LogP contribution in [0.1, 0.15) is 24.3 Å². The lowest BCUT2D eigenvalue weighted by Crippen LogP contribution is -2.34. The van der Waals surface area contributed by atoms with Crippen molar-refractivity contribution in [3.05, 3.63) is 35.3 Å². The SMILES string of the molecule is Cc1nnc(-c2ccc(-c3ccc(N4CC[C@H](NCC5CC5)C4)nn3)c(O)c2)s1. The van der Waals surface area contributed by atoms with Crippen molar-refractivity contribution < 1.29 is 5.11 Å². The number of phenols is 1. The van der Waals surface area contributed by atoms with E-state index < -0.39 is 0 Å². The molecule has 2 aromatic heterocycles. The first kappa shape index (κ1) is 18.4. The third-order valence-electron chi connectivity index (χ3n) is 5.60. The fourth-order valence-corrected chi connectivity index (χ4v) is 4.41. The predicted molar refractivity (Wildman–Crippen MR) is 114 cm³/mol. The number of nitrogens with zero attached hydrogens (tertiary/aromatic N) is 5. The zero-order chi connectivity index (χ0) is 19.8. The second-order valence-electron chi connectivity index (χ2n) is 7.92. The van der Waals surface area contributed by atoms with Crippen molar-refractivity contribution >= 4 is 17.2 Å². The van der Waals surface area contributed by atoms with E-state index >= 15 is 0 Å². The molecule has 1 saturated carbocycles. The molecular weight excluding hydrogens is 384 g/mol. The van der Waals surface area contributed by atoms with E-state index in [1.807, 2.05) is 31.2 Å². The van der Waals surface area contributed by atoms with Gasteiger partial charge in [0.2, 0.25) is 0 Å². The third kappa shape index (κ3) is 4.09. The molecule has 0 bridgehead atoms. The minimum Gasteiger partial charge on any atom is -0.507 e. The van der Waals surface area contributed by atoms with Crippen LogP contribution >= 0.6 is 11.3 Å². The highest BCUT2D eigenvalue weighted by Gasteiger charge is 2.27. The van der Waals surface area contributed by atoms with E-state index in [1.165, 1.54) is 24.2 Å². The standard InChI is InChI=1S/C21H24N6OS/c1-13-23-26-21(29-13)15-4-5-17(19(28)10-15)18-6-7-20(25-24-18)27-9-8-16(12-27)22-11-14-2-3-14/h4-7,10,14,16,22,28H,2-3,8-9,11-12H2,1H3/t16-/m0/s1. The van der Waals surface area contributed by atoms with E-state index in [1.54, 1.807) is 6.07 Å². The lowest BCUT2D eigenvalue weighted by Gasteiger charge is -2.17. The van der Waals surface area contributed by atoms with Crippen LogP contribution in [0.5, 0.6) is 5.75 Å². The minimum atomic E-state index is 0.169. The smallest absolute Gasteiger partial charge is 0.151 e. The Kier molecular flexibility index (Phi) is 4.89. The molecule has 29 heavy (non-hydrogen) atoms.